The Kier molecular flexibility index (Phi) is 5.62. The maximum Gasteiger partial charge on any atom is 0.264 e. The molecule has 6 heteroatoms. The van der Waals surface area contributed by atoms with Crippen molar-refractivity contribution in [2.45, 2.75) is 57.4 Å². The van der Waals surface area contributed by atoms with Crippen LogP contribution in [0.4, 0.5) is 5.69 Å². The number of hydrogen-bond donors (Lipinski definition) is 1. The monoisotopic (exact) mass is 426 g/mol. The molecule has 1 N–H and O–H groups in total. The average Bonchev–Trinajstić information content (AvgIpc) is 3.32. The molecule has 0 unspecified atom stereocenters. The molecule has 0 aliphatic heterocycles. The Morgan fingerprint density at radius 1 is 1.03 bits per heavy atom. The molecule has 2 aromatic carbocycles. The molecule has 160 valence electrons. The molecule has 2 bridgehead atoms. The molecule has 2 aromatic rings. The Morgan fingerprint density at radius 2 is 1.77 bits per heavy atom. The highest BCUT2D eigenvalue weighted by Gasteiger charge is 2.40. The predicted octanol–water partition coefficient (Wildman–Crippen LogP) is 4.11. The first-order chi connectivity index (χ1) is 14.3. The Bertz CT molecular complexity index is 1050. The SMILES string of the molecule is Cc1ccc(S(=O)(=O)N(CC(=O)N[C@H]2C[C@@H]3CC[C@@H]2C3)c2cccc(C)c2C)cc1. The Labute approximate surface area is 179 Å². The molecule has 3 atom stereocenters. The first kappa shape index (κ1) is 20.9. The van der Waals surface area contributed by atoms with Crippen LogP contribution in [0.25, 0.3) is 0 Å². The van der Waals surface area contributed by atoms with Gasteiger partial charge >= 0.3 is 0 Å². The summed E-state index contributed by atoms with van der Waals surface area (Å²) in [6.07, 6.45) is 4.63. The molecule has 5 nitrogen and oxygen atoms in total. The van der Waals surface area contributed by atoms with Crippen LogP contribution in [0.1, 0.15) is 42.4 Å². The van der Waals surface area contributed by atoms with E-state index < -0.39 is 10.0 Å². The minimum Gasteiger partial charge on any atom is -0.352 e. The van der Waals surface area contributed by atoms with Crippen LogP contribution in [-0.2, 0) is 14.8 Å². The zero-order valence-electron chi connectivity index (χ0n) is 17.9. The smallest absolute Gasteiger partial charge is 0.264 e. The van der Waals surface area contributed by atoms with Gasteiger partial charge in [0.1, 0.15) is 6.54 Å². The van der Waals surface area contributed by atoms with Crippen LogP contribution in [0.5, 0.6) is 0 Å². The summed E-state index contributed by atoms with van der Waals surface area (Å²) < 4.78 is 28.4. The standard InChI is InChI=1S/C24H30N2O3S/c1-16-7-11-21(12-8-16)30(28,29)26(23-6-4-5-17(2)18(23)3)15-24(27)25-22-14-19-9-10-20(22)13-19/h4-8,11-12,19-20,22H,9-10,13-15H2,1-3H3,(H,25,27)/t19-,20-,22+/m1/s1. The minimum absolute atomic E-state index is 0.179. The van der Waals surface area contributed by atoms with Gasteiger partial charge in [0.25, 0.3) is 10.0 Å². The van der Waals surface area contributed by atoms with Crippen molar-refractivity contribution in [1.82, 2.24) is 5.32 Å². The van der Waals surface area contributed by atoms with Crippen LogP contribution in [-0.4, -0.2) is 26.9 Å². The lowest BCUT2D eigenvalue weighted by Gasteiger charge is -2.28. The molecule has 2 aliphatic rings. The minimum atomic E-state index is -3.88. The molecule has 0 aromatic heterocycles. The molecule has 2 fully saturated rings. The highest BCUT2D eigenvalue weighted by atomic mass is 32.2. The van der Waals surface area contributed by atoms with Crippen LogP contribution in [0, 0.1) is 32.6 Å². The fourth-order valence-corrected chi connectivity index (χ4v) is 6.43. The second kappa shape index (κ2) is 8.06. The fourth-order valence-electron chi connectivity index (χ4n) is 4.95. The van der Waals surface area contributed by atoms with E-state index in [0.29, 0.717) is 17.5 Å². The van der Waals surface area contributed by atoms with Gasteiger partial charge in [0.15, 0.2) is 0 Å². The summed E-state index contributed by atoms with van der Waals surface area (Å²) >= 11 is 0. The third-order valence-electron chi connectivity index (χ3n) is 6.83. The maximum absolute atomic E-state index is 13.6. The summed E-state index contributed by atoms with van der Waals surface area (Å²) in [4.78, 5) is 13.2. The van der Waals surface area contributed by atoms with Crippen molar-refractivity contribution >= 4 is 21.6 Å². The first-order valence-corrected chi connectivity index (χ1v) is 12.1. The van der Waals surface area contributed by atoms with Crippen LogP contribution >= 0.6 is 0 Å². The molecule has 2 saturated carbocycles. The van der Waals surface area contributed by atoms with Gasteiger partial charge in [-0.2, -0.15) is 0 Å². The number of amides is 1. The van der Waals surface area contributed by atoms with E-state index in [1.54, 1.807) is 30.3 Å². The zero-order chi connectivity index (χ0) is 21.5. The molecule has 0 saturated heterocycles. The number of anilines is 1. The molecular formula is C24H30N2O3S. The number of nitrogens with zero attached hydrogens (tertiary/aromatic N) is 1. The quantitative estimate of drug-likeness (QED) is 0.756. The van der Waals surface area contributed by atoms with E-state index in [1.807, 2.05) is 32.9 Å². The number of benzene rings is 2. The largest absolute Gasteiger partial charge is 0.352 e. The number of carbonyl (C=O) groups is 1. The predicted molar refractivity (Wildman–Crippen MR) is 119 cm³/mol. The summed E-state index contributed by atoms with van der Waals surface area (Å²) in [6.45, 7) is 5.55. The van der Waals surface area contributed by atoms with Crippen molar-refractivity contribution in [3.8, 4) is 0 Å². The molecule has 0 heterocycles. The van der Waals surface area contributed by atoms with E-state index in [4.69, 9.17) is 0 Å². The van der Waals surface area contributed by atoms with Crippen molar-refractivity contribution in [1.29, 1.82) is 0 Å². The molecule has 30 heavy (non-hydrogen) atoms. The van der Waals surface area contributed by atoms with Crippen molar-refractivity contribution < 1.29 is 13.2 Å². The lowest BCUT2D eigenvalue weighted by molar-refractivity contribution is -0.120. The lowest BCUT2D eigenvalue weighted by Crippen LogP contribution is -2.46. The van der Waals surface area contributed by atoms with Gasteiger partial charge in [0.05, 0.1) is 10.6 Å². The maximum atomic E-state index is 13.6. The summed E-state index contributed by atoms with van der Waals surface area (Å²) in [7, 11) is -3.88. The van der Waals surface area contributed by atoms with Crippen molar-refractivity contribution in [2.24, 2.45) is 11.8 Å². The topological polar surface area (TPSA) is 66.5 Å². The number of rotatable bonds is 6. The van der Waals surface area contributed by atoms with Crippen LogP contribution in [0.15, 0.2) is 47.4 Å². The Morgan fingerprint density at radius 3 is 2.40 bits per heavy atom. The van der Waals surface area contributed by atoms with Crippen molar-refractivity contribution in [2.75, 3.05) is 10.8 Å². The van der Waals surface area contributed by atoms with Gasteiger partial charge in [0.2, 0.25) is 5.91 Å². The van der Waals surface area contributed by atoms with E-state index in [9.17, 15) is 13.2 Å². The summed E-state index contributed by atoms with van der Waals surface area (Å²) in [5, 5.41) is 3.13. The number of sulfonamides is 1. The fraction of sp³-hybridized carbons (Fsp3) is 0.458. The normalized spacial score (nSPS) is 22.8. The third-order valence-corrected chi connectivity index (χ3v) is 8.60. The van der Waals surface area contributed by atoms with Crippen molar-refractivity contribution in [3.63, 3.8) is 0 Å². The second-order valence-corrected chi connectivity index (χ2v) is 10.8. The van der Waals surface area contributed by atoms with E-state index >= 15 is 0 Å². The van der Waals surface area contributed by atoms with E-state index in [0.717, 1.165) is 29.5 Å². The Hall–Kier alpha value is -2.34. The molecular weight excluding hydrogens is 396 g/mol. The molecule has 2 aliphatic carbocycles. The van der Waals surface area contributed by atoms with Gasteiger partial charge in [-0.05, 0) is 81.2 Å². The van der Waals surface area contributed by atoms with E-state index in [2.05, 4.69) is 5.32 Å². The highest BCUT2D eigenvalue weighted by Crippen LogP contribution is 2.44. The number of hydrogen-bond acceptors (Lipinski definition) is 3. The summed E-state index contributed by atoms with van der Waals surface area (Å²) in [6, 6.07) is 12.5. The number of carbonyl (C=O) groups excluding carboxylic acids is 1. The lowest BCUT2D eigenvalue weighted by atomic mass is 9.95. The molecule has 0 radical (unpaired) electrons. The summed E-state index contributed by atoms with van der Waals surface area (Å²) in [5.41, 5.74) is 3.39. The van der Waals surface area contributed by atoms with Gasteiger partial charge in [-0.3, -0.25) is 9.10 Å². The van der Waals surface area contributed by atoms with Crippen LogP contribution < -0.4 is 9.62 Å². The average molecular weight is 427 g/mol. The zero-order valence-corrected chi connectivity index (χ0v) is 18.7. The van der Waals surface area contributed by atoms with Crippen LogP contribution in [0.3, 0.4) is 0 Å². The molecule has 4 rings (SSSR count). The number of aryl methyl sites for hydroxylation is 2. The Balaban J connectivity index is 1.64. The van der Waals surface area contributed by atoms with Crippen LogP contribution in [0.2, 0.25) is 0 Å². The van der Waals surface area contributed by atoms with Crippen molar-refractivity contribution in [3.05, 3.63) is 59.2 Å². The second-order valence-electron chi connectivity index (χ2n) is 8.89. The first-order valence-electron chi connectivity index (χ1n) is 10.7. The number of nitrogens with one attached hydrogen (secondary N) is 1. The third kappa shape index (κ3) is 3.97. The van der Waals surface area contributed by atoms with Gasteiger partial charge in [-0.15, -0.1) is 0 Å². The van der Waals surface area contributed by atoms with Gasteiger partial charge < -0.3 is 5.32 Å². The molecule has 0 spiro atoms. The van der Waals surface area contributed by atoms with Gasteiger partial charge in [-0.25, -0.2) is 8.42 Å². The van der Waals surface area contributed by atoms with E-state index in [-0.39, 0.29) is 23.4 Å². The van der Waals surface area contributed by atoms with Gasteiger partial charge in [0, 0.05) is 6.04 Å². The van der Waals surface area contributed by atoms with E-state index in [1.165, 1.54) is 17.1 Å². The molecule has 1 amide bonds. The highest BCUT2D eigenvalue weighted by molar-refractivity contribution is 7.92. The van der Waals surface area contributed by atoms with Gasteiger partial charge in [-0.1, -0.05) is 36.2 Å². The summed E-state index contributed by atoms with van der Waals surface area (Å²) in [5.74, 6) is 1.03. The number of fused-ring (bicyclic) bond motifs is 2.